The van der Waals surface area contributed by atoms with Gasteiger partial charge in [-0.3, -0.25) is 0 Å². The van der Waals surface area contributed by atoms with Crippen molar-refractivity contribution in [1.29, 1.82) is 0 Å². The summed E-state index contributed by atoms with van der Waals surface area (Å²) in [6.07, 6.45) is 1.92. The van der Waals surface area contributed by atoms with Crippen LogP contribution in [0.5, 0.6) is 0 Å². The van der Waals surface area contributed by atoms with Crippen LogP contribution in [0.2, 0.25) is 0 Å². The van der Waals surface area contributed by atoms with Crippen molar-refractivity contribution in [3.05, 3.63) is 10.4 Å². The van der Waals surface area contributed by atoms with Gasteiger partial charge in [-0.1, -0.05) is 0 Å². The Kier molecular flexibility index (Phi) is 1.99. The summed E-state index contributed by atoms with van der Waals surface area (Å²) in [5, 5.41) is 0. The second-order valence-corrected chi connectivity index (χ2v) is 5.64. The van der Waals surface area contributed by atoms with E-state index in [9.17, 15) is 8.42 Å². The van der Waals surface area contributed by atoms with E-state index in [4.69, 9.17) is 10.3 Å². The van der Waals surface area contributed by atoms with E-state index in [0.717, 1.165) is 12.8 Å². The highest BCUT2D eigenvalue weighted by atomic mass is 32.2. The Labute approximate surface area is 81.9 Å². The van der Waals surface area contributed by atoms with Crippen LogP contribution in [0.4, 0.5) is 0 Å². The van der Waals surface area contributed by atoms with Crippen molar-refractivity contribution in [2.45, 2.75) is 31.5 Å². The molecule has 0 aromatic heterocycles. The molecule has 1 saturated carbocycles. The van der Waals surface area contributed by atoms with Crippen LogP contribution in [0.15, 0.2) is 4.52 Å². The molecule has 0 aromatic rings. The number of nitrogens with zero attached hydrogens (tertiary/aromatic N) is 3. The molecule has 0 bridgehead atoms. The Morgan fingerprint density at radius 3 is 2.79 bits per heavy atom. The van der Waals surface area contributed by atoms with Crippen LogP contribution < -0.4 is 0 Å². The van der Waals surface area contributed by atoms with Crippen LogP contribution >= 0.6 is 0 Å². The van der Waals surface area contributed by atoms with E-state index in [1.165, 1.54) is 0 Å². The van der Waals surface area contributed by atoms with Gasteiger partial charge in [-0.25, -0.2) is 8.42 Å². The van der Waals surface area contributed by atoms with Gasteiger partial charge in [0.25, 0.3) is 0 Å². The van der Waals surface area contributed by atoms with Crippen molar-refractivity contribution in [1.82, 2.24) is 0 Å². The maximum absolute atomic E-state index is 11.1. The second kappa shape index (κ2) is 2.85. The highest BCUT2D eigenvalue weighted by molar-refractivity contribution is 7.90. The van der Waals surface area contributed by atoms with E-state index >= 15 is 0 Å². The first kappa shape index (κ1) is 9.76. The minimum atomic E-state index is -3.66. The minimum Gasteiger partial charge on any atom is -0.365 e. The molecule has 2 atom stereocenters. The molecule has 0 aromatic carbocycles. The van der Waals surface area contributed by atoms with Gasteiger partial charge < -0.3 is 4.74 Å². The number of hydrogen-bond donors (Lipinski definition) is 0. The van der Waals surface area contributed by atoms with Crippen molar-refractivity contribution in [2.75, 3.05) is 5.75 Å². The summed E-state index contributed by atoms with van der Waals surface area (Å²) in [6.45, 7) is 1.92. The van der Waals surface area contributed by atoms with Gasteiger partial charge in [0.15, 0.2) is 0 Å². The smallest absolute Gasteiger partial charge is 0.238 e. The zero-order chi connectivity index (χ0) is 10.4. The fourth-order valence-electron chi connectivity index (χ4n) is 1.77. The van der Waals surface area contributed by atoms with E-state index in [2.05, 4.69) is 9.43 Å². The number of sulfonamides is 1. The number of azide groups is 1. The molecule has 14 heavy (non-hydrogen) atoms. The molecule has 2 rings (SSSR count). The fourth-order valence-corrected chi connectivity index (χ4v) is 2.73. The largest absolute Gasteiger partial charge is 0.365 e. The molecular formula is C7H11N3O3S. The van der Waals surface area contributed by atoms with E-state index < -0.39 is 10.0 Å². The normalized spacial score (nSPS) is 36.2. The van der Waals surface area contributed by atoms with Crippen LogP contribution in [0.25, 0.3) is 10.4 Å². The van der Waals surface area contributed by atoms with Gasteiger partial charge in [-0.05, 0) is 31.2 Å². The first-order chi connectivity index (χ1) is 6.48. The zero-order valence-corrected chi connectivity index (χ0v) is 8.57. The van der Waals surface area contributed by atoms with Crippen molar-refractivity contribution in [3.63, 3.8) is 0 Å². The van der Waals surface area contributed by atoms with Crippen LogP contribution in [0.3, 0.4) is 0 Å². The van der Waals surface area contributed by atoms with Gasteiger partial charge in [0.05, 0.1) is 11.4 Å². The number of ether oxygens (including phenoxy) is 1. The van der Waals surface area contributed by atoms with E-state index in [1.54, 1.807) is 0 Å². The highest BCUT2D eigenvalue weighted by Crippen LogP contribution is 2.54. The molecular weight excluding hydrogens is 206 g/mol. The van der Waals surface area contributed by atoms with Crippen LogP contribution in [-0.2, 0) is 14.8 Å². The molecule has 1 heterocycles. The lowest BCUT2D eigenvalue weighted by Gasteiger charge is -2.01. The van der Waals surface area contributed by atoms with Crippen molar-refractivity contribution < 1.29 is 13.2 Å². The first-order valence-electron chi connectivity index (χ1n) is 4.45. The summed E-state index contributed by atoms with van der Waals surface area (Å²) in [5.41, 5.74) is 7.75. The Hall–Kier alpha value is -0.780. The Bertz CT molecular complexity index is 396. The van der Waals surface area contributed by atoms with Gasteiger partial charge in [-0.15, -0.1) is 0 Å². The third kappa shape index (κ3) is 1.70. The molecule has 1 aliphatic carbocycles. The molecule has 78 valence electrons. The first-order valence-corrected chi connectivity index (χ1v) is 6.06. The topological polar surface area (TPSA) is 95.4 Å². The Morgan fingerprint density at radius 2 is 2.29 bits per heavy atom. The van der Waals surface area contributed by atoms with Gasteiger partial charge in [0, 0.05) is 9.43 Å². The number of rotatable bonds is 4. The molecule has 0 N–H and O–H groups in total. The summed E-state index contributed by atoms with van der Waals surface area (Å²) >= 11 is 0. The number of hydrogen-bond acceptors (Lipinski definition) is 3. The standard InChI is InChI=1S/C7H11N3O3S/c1-7(5-2-3-5)6(13-7)4-14(11,12)10-9-8/h5-6H,2-4H2,1H3. The third-order valence-corrected chi connectivity index (χ3v) is 3.93. The maximum Gasteiger partial charge on any atom is 0.238 e. The molecule has 2 fully saturated rings. The summed E-state index contributed by atoms with van der Waals surface area (Å²) in [5.74, 6) is 0.304. The maximum atomic E-state index is 11.1. The van der Waals surface area contributed by atoms with Gasteiger partial charge in [0.1, 0.15) is 6.10 Å². The summed E-state index contributed by atoms with van der Waals surface area (Å²) in [6, 6.07) is 0. The third-order valence-electron chi connectivity index (χ3n) is 2.89. The van der Waals surface area contributed by atoms with Gasteiger partial charge in [-0.2, -0.15) is 0 Å². The van der Waals surface area contributed by atoms with Crippen LogP contribution in [0, 0.1) is 5.92 Å². The lowest BCUT2D eigenvalue weighted by Crippen LogP contribution is -2.18. The fraction of sp³-hybridized carbons (Fsp3) is 1.00. The van der Waals surface area contributed by atoms with Crippen LogP contribution in [0.1, 0.15) is 19.8 Å². The molecule has 1 saturated heterocycles. The van der Waals surface area contributed by atoms with Gasteiger partial charge in [0.2, 0.25) is 10.0 Å². The summed E-state index contributed by atoms with van der Waals surface area (Å²) in [4.78, 5) is 2.28. The lowest BCUT2D eigenvalue weighted by molar-refractivity contribution is 0.287. The molecule has 0 radical (unpaired) electrons. The SMILES string of the molecule is CC1(C2CC2)OC1CS(=O)(=O)N=[N+]=[N-]. The molecule has 0 spiro atoms. The average molecular weight is 217 g/mol. The predicted octanol–water partition coefficient (Wildman–Crippen LogP) is 1.19. The second-order valence-electron chi connectivity index (χ2n) is 3.98. The molecule has 2 unspecified atom stereocenters. The molecule has 2 aliphatic rings. The monoisotopic (exact) mass is 217 g/mol. The zero-order valence-electron chi connectivity index (χ0n) is 7.75. The lowest BCUT2D eigenvalue weighted by atomic mass is 10.0. The quantitative estimate of drug-likeness (QED) is 0.306. The highest BCUT2D eigenvalue weighted by Gasteiger charge is 2.61. The summed E-state index contributed by atoms with van der Waals surface area (Å²) < 4.78 is 30.3. The molecule has 7 heteroatoms. The Morgan fingerprint density at radius 1 is 1.64 bits per heavy atom. The summed E-state index contributed by atoms with van der Waals surface area (Å²) in [7, 11) is -3.66. The van der Waals surface area contributed by atoms with Crippen molar-refractivity contribution in [2.24, 2.45) is 10.4 Å². The van der Waals surface area contributed by atoms with E-state index in [-0.39, 0.29) is 17.5 Å². The Balaban J connectivity index is 1.98. The van der Waals surface area contributed by atoms with E-state index in [0.29, 0.717) is 5.92 Å². The molecule has 0 amide bonds. The average Bonchev–Trinajstić information content (AvgIpc) is 2.87. The predicted molar refractivity (Wildman–Crippen MR) is 48.9 cm³/mol. The van der Waals surface area contributed by atoms with Crippen molar-refractivity contribution in [3.8, 4) is 0 Å². The van der Waals surface area contributed by atoms with Gasteiger partial charge >= 0.3 is 0 Å². The molecule has 6 nitrogen and oxygen atoms in total. The van der Waals surface area contributed by atoms with Crippen LogP contribution in [-0.4, -0.2) is 25.9 Å². The minimum absolute atomic E-state index is 0.190. The van der Waals surface area contributed by atoms with Crippen molar-refractivity contribution >= 4 is 10.0 Å². The molecule has 1 aliphatic heterocycles. The number of epoxide rings is 1. The van der Waals surface area contributed by atoms with E-state index in [1.807, 2.05) is 6.92 Å².